The highest BCUT2D eigenvalue weighted by molar-refractivity contribution is 7.98. The SMILES string of the molecule is CSCCCn1cc(C(=O)NCc2ccc(Cl)cc2)c(=O)c2cc(CN3CCOCC3)ccc21. The first-order valence-electron chi connectivity index (χ1n) is 11.5. The molecule has 2 heterocycles. The normalized spacial score (nSPS) is 14.4. The molecule has 0 saturated carbocycles. The van der Waals surface area contributed by atoms with Gasteiger partial charge in [-0.2, -0.15) is 11.8 Å². The van der Waals surface area contributed by atoms with Crippen LogP contribution in [0.4, 0.5) is 0 Å². The largest absolute Gasteiger partial charge is 0.379 e. The highest BCUT2D eigenvalue weighted by atomic mass is 35.5. The Hall–Kier alpha value is -2.32. The fraction of sp³-hybridized carbons (Fsp3) is 0.385. The van der Waals surface area contributed by atoms with Crippen molar-refractivity contribution in [3.8, 4) is 0 Å². The third kappa shape index (κ3) is 6.21. The Bertz CT molecular complexity index is 1190. The maximum Gasteiger partial charge on any atom is 0.257 e. The minimum absolute atomic E-state index is 0.175. The van der Waals surface area contributed by atoms with Crippen LogP contribution in [0.25, 0.3) is 10.9 Å². The van der Waals surface area contributed by atoms with Gasteiger partial charge in [-0.25, -0.2) is 0 Å². The molecule has 0 radical (unpaired) electrons. The third-order valence-corrected chi connectivity index (χ3v) is 6.96. The Balaban J connectivity index is 1.63. The summed E-state index contributed by atoms with van der Waals surface area (Å²) in [5.74, 6) is 0.653. The number of benzene rings is 2. The number of morpholine rings is 1. The topological polar surface area (TPSA) is 63.6 Å². The third-order valence-electron chi connectivity index (χ3n) is 6.01. The summed E-state index contributed by atoms with van der Waals surface area (Å²) in [6.45, 7) is 5.06. The maximum atomic E-state index is 13.4. The lowest BCUT2D eigenvalue weighted by Crippen LogP contribution is -2.35. The standard InChI is InChI=1S/C26H30ClN3O3S/c1-34-14-2-9-30-18-23(26(32)28-16-19-3-6-21(27)7-4-19)25(31)22-15-20(5-8-24(22)30)17-29-10-12-33-13-11-29/h3-8,15,18H,2,9-14,16-17H2,1H3,(H,28,32). The minimum atomic E-state index is -0.362. The molecule has 1 fully saturated rings. The summed E-state index contributed by atoms with van der Waals surface area (Å²) in [5.41, 5.74) is 2.81. The quantitative estimate of drug-likeness (QED) is 0.448. The molecule has 8 heteroatoms. The zero-order chi connectivity index (χ0) is 23.9. The molecular weight excluding hydrogens is 470 g/mol. The smallest absolute Gasteiger partial charge is 0.257 e. The van der Waals surface area contributed by atoms with Gasteiger partial charge in [-0.1, -0.05) is 29.8 Å². The molecule has 2 aromatic carbocycles. The van der Waals surface area contributed by atoms with Gasteiger partial charge in [-0.15, -0.1) is 0 Å². The molecule has 180 valence electrons. The fourth-order valence-corrected chi connectivity index (χ4v) is 4.71. The summed E-state index contributed by atoms with van der Waals surface area (Å²) in [5, 5.41) is 4.13. The molecule has 0 aliphatic carbocycles. The van der Waals surface area contributed by atoms with Crippen LogP contribution in [0, 0.1) is 0 Å². The van der Waals surface area contributed by atoms with Crippen LogP contribution in [0.5, 0.6) is 0 Å². The lowest BCUT2D eigenvalue weighted by molar-refractivity contribution is 0.0342. The number of hydrogen-bond donors (Lipinski definition) is 1. The van der Waals surface area contributed by atoms with E-state index in [1.54, 1.807) is 30.1 Å². The Kier molecular flexibility index (Phi) is 8.67. The van der Waals surface area contributed by atoms with Crippen LogP contribution in [0.2, 0.25) is 5.02 Å². The molecule has 1 aromatic heterocycles. The van der Waals surface area contributed by atoms with E-state index in [-0.39, 0.29) is 16.9 Å². The van der Waals surface area contributed by atoms with Crippen molar-refractivity contribution in [1.82, 2.24) is 14.8 Å². The van der Waals surface area contributed by atoms with Crippen molar-refractivity contribution in [3.63, 3.8) is 0 Å². The highest BCUT2D eigenvalue weighted by Crippen LogP contribution is 2.18. The average Bonchev–Trinajstić information content (AvgIpc) is 2.86. The van der Waals surface area contributed by atoms with E-state index >= 15 is 0 Å². The number of halogens is 1. The van der Waals surface area contributed by atoms with Crippen LogP contribution in [-0.4, -0.2) is 53.7 Å². The van der Waals surface area contributed by atoms with Crippen molar-refractivity contribution in [2.45, 2.75) is 26.1 Å². The summed E-state index contributed by atoms with van der Waals surface area (Å²) in [4.78, 5) is 28.8. The van der Waals surface area contributed by atoms with Gasteiger partial charge in [0.15, 0.2) is 0 Å². The first-order valence-corrected chi connectivity index (χ1v) is 13.3. The first kappa shape index (κ1) is 24.8. The summed E-state index contributed by atoms with van der Waals surface area (Å²) < 4.78 is 7.49. The van der Waals surface area contributed by atoms with Crippen molar-refractivity contribution in [1.29, 1.82) is 0 Å². The van der Waals surface area contributed by atoms with Gasteiger partial charge in [0.25, 0.3) is 5.91 Å². The van der Waals surface area contributed by atoms with Crippen LogP contribution in [0.3, 0.4) is 0 Å². The minimum Gasteiger partial charge on any atom is -0.379 e. The van der Waals surface area contributed by atoms with E-state index in [1.807, 2.05) is 28.8 Å². The van der Waals surface area contributed by atoms with Crippen LogP contribution in [-0.2, 0) is 24.4 Å². The number of aromatic nitrogens is 1. The Morgan fingerprint density at radius 3 is 2.59 bits per heavy atom. The van der Waals surface area contributed by atoms with E-state index in [1.165, 1.54) is 0 Å². The number of thioether (sulfide) groups is 1. The van der Waals surface area contributed by atoms with Crippen LogP contribution < -0.4 is 10.7 Å². The molecular formula is C26H30ClN3O3S. The second-order valence-corrected chi connectivity index (χ2v) is 9.88. The van der Waals surface area contributed by atoms with E-state index in [0.29, 0.717) is 17.0 Å². The summed E-state index contributed by atoms with van der Waals surface area (Å²) in [6.07, 6.45) is 4.75. The zero-order valence-corrected chi connectivity index (χ0v) is 21.0. The second kappa shape index (κ2) is 11.9. The fourth-order valence-electron chi connectivity index (χ4n) is 4.17. The van der Waals surface area contributed by atoms with Gasteiger partial charge in [0.2, 0.25) is 5.43 Å². The molecule has 34 heavy (non-hydrogen) atoms. The molecule has 6 nitrogen and oxygen atoms in total. The van der Waals surface area contributed by atoms with E-state index in [2.05, 4.69) is 22.5 Å². The Morgan fingerprint density at radius 2 is 1.85 bits per heavy atom. The zero-order valence-electron chi connectivity index (χ0n) is 19.4. The van der Waals surface area contributed by atoms with Crippen molar-refractivity contribution in [3.05, 3.63) is 80.6 Å². The summed E-state index contributed by atoms with van der Waals surface area (Å²) in [6, 6.07) is 13.3. The first-order chi connectivity index (χ1) is 16.5. The van der Waals surface area contributed by atoms with Crippen molar-refractivity contribution in [2.24, 2.45) is 0 Å². The van der Waals surface area contributed by atoms with Gasteiger partial charge in [0.1, 0.15) is 5.56 Å². The lowest BCUT2D eigenvalue weighted by atomic mass is 10.1. The van der Waals surface area contributed by atoms with Crippen molar-refractivity contribution < 1.29 is 9.53 Å². The van der Waals surface area contributed by atoms with Crippen LogP contribution >= 0.6 is 23.4 Å². The highest BCUT2D eigenvalue weighted by Gasteiger charge is 2.17. The number of fused-ring (bicyclic) bond motifs is 1. The van der Waals surface area contributed by atoms with Gasteiger partial charge >= 0.3 is 0 Å². The molecule has 4 rings (SSSR count). The lowest BCUT2D eigenvalue weighted by Gasteiger charge is -2.26. The molecule has 1 aliphatic heterocycles. The summed E-state index contributed by atoms with van der Waals surface area (Å²) >= 11 is 7.74. The molecule has 0 atom stereocenters. The molecule has 1 saturated heterocycles. The van der Waals surface area contributed by atoms with Gasteiger partial charge in [0, 0.05) is 49.3 Å². The van der Waals surface area contributed by atoms with Gasteiger partial charge in [-0.05, 0) is 53.8 Å². The summed E-state index contributed by atoms with van der Waals surface area (Å²) in [7, 11) is 0. The maximum absolute atomic E-state index is 13.4. The number of nitrogens with one attached hydrogen (secondary N) is 1. The predicted molar refractivity (Wildman–Crippen MR) is 140 cm³/mol. The van der Waals surface area contributed by atoms with E-state index in [9.17, 15) is 9.59 Å². The molecule has 1 amide bonds. The van der Waals surface area contributed by atoms with Crippen LogP contribution in [0.1, 0.15) is 27.9 Å². The monoisotopic (exact) mass is 499 g/mol. The number of amides is 1. The van der Waals surface area contributed by atoms with Crippen molar-refractivity contribution in [2.75, 3.05) is 38.3 Å². The Morgan fingerprint density at radius 1 is 1.12 bits per heavy atom. The van der Waals surface area contributed by atoms with E-state index in [4.69, 9.17) is 16.3 Å². The number of aryl methyl sites for hydroxylation is 1. The average molecular weight is 500 g/mol. The van der Waals surface area contributed by atoms with Crippen molar-refractivity contribution >= 4 is 40.2 Å². The number of ether oxygens (including phenoxy) is 1. The van der Waals surface area contributed by atoms with Crippen LogP contribution in [0.15, 0.2) is 53.5 Å². The Labute approximate surface area is 209 Å². The second-order valence-electron chi connectivity index (χ2n) is 8.46. The molecule has 3 aromatic rings. The van der Waals surface area contributed by atoms with Gasteiger partial charge in [0.05, 0.1) is 18.7 Å². The molecule has 0 spiro atoms. The predicted octanol–water partition coefficient (Wildman–Crippen LogP) is 4.17. The van der Waals surface area contributed by atoms with E-state index < -0.39 is 0 Å². The number of carbonyl (C=O) groups excluding carboxylic acids is 1. The van der Waals surface area contributed by atoms with Gasteiger partial charge in [-0.3, -0.25) is 14.5 Å². The number of hydrogen-bond acceptors (Lipinski definition) is 5. The number of rotatable bonds is 9. The molecule has 1 aliphatic rings. The van der Waals surface area contributed by atoms with Gasteiger partial charge < -0.3 is 14.6 Å². The molecule has 1 N–H and O–H groups in total. The number of carbonyl (C=O) groups is 1. The molecule has 0 bridgehead atoms. The number of pyridine rings is 1. The number of nitrogens with zero attached hydrogens (tertiary/aromatic N) is 2. The molecule has 0 unspecified atom stereocenters. The van der Waals surface area contributed by atoms with E-state index in [0.717, 1.165) is 68.2 Å².